The van der Waals surface area contributed by atoms with Crippen LogP contribution in [0.4, 0.5) is 13.2 Å². The predicted octanol–water partition coefficient (Wildman–Crippen LogP) is 5.73. The number of hydrogen-bond donors (Lipinski definition) is 0. The normalized spacial score (nSPS) is 12.5. The molecule has 0 spiro atoms. The van der Waals surface area contributed by atoms with Crippen LogP contribution in [-0.2, 0) is 17.8 Å². The summed E-state index contributed by atoms with van der Waals surface area (Å²) in [6.45, 7) is 5.83. The lowest BCUT2D eigenvalue weighted by molar-refractivity contribution is -0.267. The molecule has 0 radical (unpaired) electrons. The van der Waals surface area contributed by atoms with Crippen molar-refractivity contribution >= 4 is 22.7 Å². The third-order valence-electron chi connectivity index (χ3n) is 4.19. The summed E-state index contributed by atoms with van der Waals surface area (Å²) in [5.74, 6) is 0. The molecule has 0 saturated heterocycles. The van der Waals surface area contributed by atoms with Gasteiger partial charge in [-0.25, -0.2) is 9.97 Å². The molecule has 0 unspecified atom stereocenters. The second-order valence-corrected chi connectivity index (χ2v) is 9.05. The van der Waals surface area contributed by atoms with Crippen molar-refractivity contribution in [2.24, 2.45) is 0 Å². The van der Waals surface area contributed by atoms with E-state index in [0.717, 1.165) is 45.8 Å². The Morgan fingerprint density at radius 2 is 1.86 bits per heavy atom. The van der Waals surface area contributed by atoms with Gasteiger partial charge in [-0.05, 0) is 39.3 Å². The Morgan fingerprint density at radius 3 is 2.43 bits per heavy atom. The Kier molecular flexibility index (Phi) is 5.88. The first kappa shape index (κ1) is 20.9. The van der Waals surface area contributed by atoms with Crippen LogP contribution in [-0.4, -0.2) is 26.7 Å². The maximum Gasteiger partial charge on any atom is 0.416 e. The van der Waals surface area contributed by atoms with Gasteiger partial charge in [-0.3, -0.25) is 4.98 Å². The van der Waals surface area contributed by atoms with Gasteiger partial charge in [0.2, 0.25) is 0 Å². The number of hydrogen-bond acceptors (Lipinski definition) is 6. The van der Waals surface area contributed by atoms with Gasteiger partial charge in [0.1, 0.15) is 0 Å². The summed E-state index contributed by atoms with van der Waals surface area (Å²) in [6.07, 6.45) is -2.30. The molecule has 9 heteroatoms. The largest absolute Gasteiger partial charge is 0.416 e. The molecular weight excluding hydrogens is 407 g/mol. The Balaban J connectivity index is 1.63. The molecule has 3 aromatic heterocycles. The molecule has 3 aromatic rings. The third-order valence-corrected chi connectivity index (χ3v) is 6.13. The molecule has 150 valence electrons. The Bertz CT molecular complexity index is 946. The predicted molar refractivity (Wildman–Crippen MR) is 105 cm³/mol. The van der Waals surface area contributed by atoms with Crippen molar-refractivity contribution in [3.63, 3.8) is 0 Å². The van der Waals surface area contributed by atoms with Gasteiger partial charge in [-0.1, -0.05) is 6.07 Å². The van der Waals surface area contributed by atoms with E-state index in [1.54, 1.807) is 41.0 Å². The number of nitrogens with zero attached hydrogens (tertiary/aromatic N) is 3. The maximum atomic E-state index is 12.8. The lowest BCUT2D eigenvalue weighted by Gasteiger charge is -2.27. The van der Waals surface area contributed by atoms with E-state index in [1.165, 1.54) is 0 Å². The summed E-state index contributed by atoms with van der Waals surface area (Å²) in [5, 5.41) is 3.95. The van der Waals surface area contributed by atoms with Crippen LogP contribution in [0, 0.1) is 13.8 Å². The number of thiazole rings is 2. The molecule has 0 amide bonds. The Hall–Kier alpha value is -1.84. The SMILES string of the molecule is Cc1nc(C)c(-c2csc(Cc3ccc(COC(C)(C)C(F)(F)F)cn3)n2)s1. The number of halogens is 3. The van der Waals surface area contributed by atoms with Gasteiger partial charge in [0.25, 0.3) is 0 Å². The van der Waals surface area contributed by atoms with E-state index in [-0.39, 0.29) is 6.61 Å². The molecule has 0 aliphatic heterocycles. The summed E-state index contributed by atoms with van der Waals surface area (Å²) < 4.78 is 43.6. The van der Waals surface area contributed by atoms with Crippen LogP contribution in [0.15, 0.2) is 23.7 Å². The van der Waals surface area contributed by atoms with E-state index >= 15 is 0 Å². The maximum absolute atomic E-state index is 12.8. The highest BCUT2D eigenvalue weighted by Crippen LogP contribution is 2.34. The second-order valence-electron chi connectivity index (χ2n) is 6.91. The van der Waals surface area contributed by atoms with E-state index in [1.807, 2.05) is 19.2 Å². The first-order valence-electron chi connectivity index (χ1n) is 8.58. The molecule has 28 heavy (non-hydrogen) atoms. The summed E-state index contributed by atoms with van der Waals surface area (Å²) in [7, 11) is 0. The lowest BCUT2D eigenvalue weighted by atomic mass is 10.1. The lowest BCUT2D eigenvalue weighted by Crippen LogP contribution is -2.41. The van der Waals surface area contributed by atoms with Gasteiger partial charge in [0.15, 0.2) is 5.60 Å². The van der Waals surface area contributed by atoms with Crippen molar-refractivity contribution < 1.29 is 17.9 Å². The fourth-order valence-corrected chi connectivity index (χ4v) is 4.17. The molecule has 0 aliphatic carbocycles. The van der Waals surface area contributed by atoms with E-state index in [2.05, 4.69) is 15.0 Å². The van der Waals surface area contributed by atoms with Gasteiger partial charge in [-0.15, -0.1) is 22.7 Å². The molecule has 0 N–H and O–H groups in total. The van der Waals surface area contributed by atoms with Crippen LogP contribution in [0.25, 0.3) is 10.6 Å². The van der Waals surface area contributed by atoms with Crippen LogP contribution in [0.3, 0.4) is 0 Å². The van der Waals surface area contributed by atoms with Crippen LogP contribution >= 0.6 is 22.7 Å². The van der Waals surface area contributed by atoms with Crippen molar-refractivity contribution in [3.05, 3.63) is 50.7 Å². The zero-order chi connectivity index (χ0) is 20.5. The van der Waals surface area contributed by atoms with Gasteiger partial charge in [-0.2, -0.15) is 13.2 Å². The average Bonchev–Trinajstić information content (AvgIpc) is 3.19. The second kappa shape index (κ2) is 7.88. The zero-order valence-corrected chi connectivity index (χ0v) is 17.6. The fraction of sp³-hybridized carbons (Fsp3) is 0.421. The minimum absolute atomic E-state index is 0.148. The summed E-state index contributed by atoms with van der Waals surface area (Å²) >= 11 is 3.18. The number of alkyl halides is 3. The van der Waals surface area contributed by atoms with Crippen LogP contribution in [0.5, 0.6) is 0 Å². The van der Waals surface area contributed by atoms with Crippen LogP contribution in [0.2, 0.25) is 0 Å². The third kappa shape index (κ3) is 4.76. The zero-order valence-electron chi connectivity index (χ0n) is 15.9. The topological polar surface area (TPSA) is 47.9 Å². The standard InChI is InChI=1S/C19H20F3N3OS2/c1-11-17(28-12(2)24-11)15-10-27-16(25-15)7-14-6-5-13(8-23-14)9-26-18(3,4)19(20,21)22/h5-6,8,10H,7,9H2,1-4H3. The Labute approximate surface area is 169 Å². The van der Waals surface area contributed by atoms with E-state index in [4.69, 9.17) is 4.74 Å². The van der Waals surface area contributed by atoms with Crippen molar-refractivity contribution in [2.45, 2.75) is 52.5 Å². The quantitative estimate of drug-likeness (QED) is 0.504. The van der Waals surface area contributed by atoms with Crippen molar-refractivity contribution in [1.29, 1.82) is 0 Å². The monoisotopic (exact) mass is 427 g/mol. The molecule has 0 aromatic carbocycles. The number of rotatable bonds is 6. The fourth-order valence-electron chi connectivity index (χ4n) is 2.41. The molecule has 0 fully saturated rings. The number of aromatic nitrogens is 3. The van der Waals surface area contributed by atoms with Crippen molar-refractivity contribution in [1.82, 2.24) is 15.0 Å². The molecule has 3 heterocycles. The number of pyridine rings is 1. The highest BCUT2D eigenvalue weighted by Gasteiger charge is 2.48. The highest BCUT2D eigenvalue weighted by molar-refractivity contribution is 7.15. The molecule has 4 nitrogen and oxygen atoms in total. The molecular formula is C19H20F3N3OS2. The summed E-state index contributed by atoms with van der Waals surface area (Å²) in [6, 6.07) is 3.53. The Morgan fingerprint density at radius 1 is 1.11 bits per heavy atom. The van der Waals surface area contributed by atoms with Crippen LogP contribution < -0.4 is 0 Å². The highest BCUT2D eigenvalue weighted by atomic mass is 32.1. The average molecular weight is 428 g/mol. The molecule has 3 rings (SSSR count). The number of aryl methyl sites for hydroxylation is 2. The summed E-state index contributed by atoms with van der Waals surface area (Å²) in [4.78, 5) is 14.5. The van der Waals surface area contributed by atoms with E-state index in [9.17, 15) is 13.2 Å². The first-order chi connectivity index (χ1) is 13.0. The number of ether oxygens (including phenoxy) is 1. The first-order valence-corrected chi connectivity index (χ1v) is 10.3. The molecule has 0 aliphatic rings. The summed E-state index contributed by atoms with van der Waals surface area (Å²) in [5.41, 5.74) is 1.09. The van der Waals surface area contributed by atoms with Crippen molar-refractivity contribution in [3.8, 4) is 10.6 Å². The van der Waals surface area contributed by atoms with Gasteiger partial charge >= 0.3 is 6.18 Å². The smallest absolute Gasteiger partial charge is 0.361 e. The van der Waals surface area contributed by atoms with Crippen LogP contribution in [0.1, 0.15) is 40.8 Å². The molecule has 0 bridgehead atoms. The minimum Gasteiger partial charge on any atom is -0.361 e. The van der Waals surface area contributed by atoms with Gasteiger partial charge in [0, 0.05) is 23.7 Å². The van der Waals surface area contributed by atoms with Crippen molar-refractivity contribution in [2.75, 3.05) is 0 Å². The molecule has 0 atom stereocenters. The van der Waals surface area contributed by atoms with E-state index in [0.29, 0.717) is 12.0 Å². The van der Waals surface area contributed by atoms with Gasteiger partial charge < -0.3 is 4.74 Å². The van der Waals surface area contributed by atoms with Gasteiger partial charge in [0.05, 0.1) is 32.9 Å². The van der Waals surface area contributed by atoms with E-state index < -0.39 is 11.8 Å². The minimum atomic E-state index is -4.42. The molecule has 0 saturated carbocycles.